The van der Waals surface area contributed by atoms with Crippen LogP contribution in [0.5, 0.6) is 0 Å². The Labute approximate surface area is 117 Å². The van der Waals surface area contributed by atoms with E-state index in [1.165, 1.54) is 18.9 Å². The Bertz CT molecular complexity index is 411. The lowest BCUT2D eigenvalue weighted by Crippen LogP contribution is -2.35. The number of anilines is 1. The van der Waals surface area contributed by atoms with Crippen molar-refractivity contribution in [3.05, 3.63) is 23.9 Å². The molecule has 0 amide bonds. The summed E-state index contributed by atoms with van der Waals surface area (Å²) in [4.78, 5) is 6.12. The zero-order chi connectivity index (χ0) is 14.6. The number of rotatable bonds is 5. The third-order valence-corrected chi connectivity index (χ3v) is 3.74. The summed E-state index contributed by atoms with van der Waals surface area (Å²) < 4.78 is 37.7. The smallest absolute Gasteiger partial charge is 0.354 e. The number of hydrogen-bond acceptors (Lipinski definition) is 3. The van der Waals surface area contributed by atoms with Gasteiger partial charge in [0.05, 0.1) is 5.56 Å². The van der Waals surface area contributed by atoms with E-state index in [0.717, 1.165) is 38.1 Å². The van der Waals surface area contributed by atoms with Gasteiger partial charge in [0, 0.05) is 18.8 Å². The molecule has 1 aromatic rings. The van der Waals surface area contributed by atoms with E-state index in [2.05, 4.69) is 9.88 Å². The highest BCUT2D eigenvalue weighted by Gasteiger charge is 2.31. The molecule has 0 unspecified atom stereocenters. The normalized spacial score (nSPS) is 16.6. The molecule has 0 atom stereocenters. The van der Waals surface area contributed by atoms with Crippen LogP contribution in [-0.2, 0) is 6.18 Å². The second-order valence-electron chi connectivity index (χ2n) is 5.18. The number of hydrogen-bond donors (Lipinski definition) is 1. The predicted molar refractivity (Wildman–Crippen MR) is 72.5 cm³/mol. The van der Waals surface area contributed by atoms with Crippen molar-refractivity contribution in [2.45, 2.75) is 44.3 Å². The molecule has 1 fully saturated rings. The van der Waals surface area contributed by atoms with E-state index in [1.807, 2.05) is 0 Å². The van der Waals surface area contributed by atoms with Crippen LogP contribution in [-0.4, -0.2) is 24.1 Å². The summed E-state index contributed by atoms with van der Waals surface area (Å²) in [6.45, 7) is 1.32. The predicted octanol–water partition coefficient (Wildman–Crippen LogP) is 3.20. The lowest BCUT2D eigenvalue weighted by atomic mass is 10.2. The van der Waals surface area contributed by atoms with Gasteiger partial charge in [0.25, 0.3) is 0 Å². The number of pyridine rings is 1. The molecular weight excluding hydrogens is 267 g/mol. The van der Waals surface area contributed by atoms with Gasteiger partial charge in [-0.2, -0.15) is 13.2 Å². The third kappa shape index (κ3) is 3.62. The summed E-state index contributed by atoms with van der Waals surface area (Å²) in [6, 6.07) is 2.95. The molecule has 3 nitrogen and oxygen atoms in total. The average molecular weight is 287 g/mol. The maximum Gasteiger partial charge on any atom is 0.417 e. The van der Waals surface area contributed by atoms with Crippen molar-refractivity contribution >= 4 is 5.82 Å². The minimum absolute atomic E-state index is 0.380. The van der Waals surface area contributed by atoms with Crippen LogP contribution in [0.15, 0.2) is 18.3 Å². The van der Waals surface area contributed by atoms with E-state index in [1.54, 1.807) is 0 Å². The van der Waals surface area contributed by atoms with Gasteiger partial charge in [0.1, 0.15) is 5.82 Å². The number of halogens is 3. The minimum Gasteiger partial charge on any atom is -0.354 e. The van der Waals surface area contributed by atoms with Crippen molar-refractivity contribution in [1.29, 1.82) is 0 Å². The van der Waals surface area contributed by atoms with Gasteiger partial charge < -0.3 is 10.6 Å². The second-order valence-corrected chi connectivity index (χ2v) is 5.18. The van der Waals surface area contributed by atoms with Crippen molar-refractivity contribution in [2.75, 3.05) is 18.0 Å². The summed E-state index contributed by atoms with van der Waals surface area (Å²) >= 11 is 0. The SMILES string of the molecule is NCCCN(c1ccc(C(F)(F)F)cn1)C1CCCC1. The fourth-order valence-corrected chi connectivity index (χ4v) is 2.69. The molecule has 6 heteroatoms. The van der Waals surface area contributed by atoms with E-state index in [4.69, 9.17) is 5.73 Å². The number of aromatic nitrogens is 1. The van der Waals surface area contributed by atoms with E-state index in [9.17, 15) is 13.2 Å². The van der Waals surface area contributed by atoms with Crippen molar-refractivity contribution in [2.24, 2.45) is 5.73 Å². The maximum atomic E-state index is 12.6. The molecule has 0 radical (unpaired) electrons. The molecular formula is C14H20F3N3. The van der Waals surface area contributed by atoms with Crippen LogP contribution in [0.2, 0.25) is 0 Å². The molecule has 2 N–H and O–H groups in total. The topological polar surface area (TPSA) is 42.1 Å². The lowest BCUT2D eigenvalue weighted by Gasteiger charge is -2.30. The lowest BCUT2D eigenvalue weighted by molar-refractivity contribution is -0.137. The van der Waals surface area contributed by atoms with Gasteiger partial charge in [-0.3, -0.25) is 0 Å². The first-order chi connectivity index (χ1) is 9.52. The Morgan fingerprint density at radius 2 is 1.95 bits per heavy atom. The van der Waals surface area contributed by atoms with Gasteiger partial charge in [-0.05, 0) is 37.9 Å². The van der Waals surface area contributed by atoms with Crippen LogP contribution in [0.1, 0.15) is 37.7 Å². The van der Waals surface area contributed by atoms with Crippen molar-refractivity contribution < 1.29 is 13.2 Å². The Kier molecular flexibility index (Phi) is 4.86. The van der Waals surface area contributed by atoms with Gasteiger partial charge in [-0.15, -0.1) is 0 Å². The van der Waals surface area contributed by atoms with Crippen LogP contribution in [0.4, 0.5) is 19.0 Å². The molecule has 0 bridgehead atoms. The zero-order valence-electron chi connectivity index (χ0n) is 11.4. The second kappa shape index (κ2) is 6.43. The van der Waals surface area contributed by atoms with Crippen LogP contribution < -0.4 is 10.6 Å². The first-order valence-electron chi connectivity index (χ1n) is 7.02. The molecule has 1 heterocycles. The molecule has 1 aromatic heterocycles. The summed E-state index contributed by atoms with van der Waals surface area (Å²) in [5.74, 6) is 0.623. The highest BCUT2D eigenvalue weighted by atomic mass is 19.4. The molecule has 1 saturated carbocycles. The van der Waals surface area contributed by atoms with E-state index >= 15 is 0 Å². The van der Waals surface area contributed by atoms with Crippen molar-refractivity contribution in [1.82, 2.24) is 4.98 Å². The zero-order valence-corrected chi connectivity index (χ0v) is 11.4. The molecule has 2 rings (SSSR count). The van der Waals surface area contributed by atoms with Crippen LogP contribution in [0, 0.1) is 0 Å². The first-order valence-corrected chi connectivity index (χ1v) is 7.02. The summed E-state index contributed by atoms with van der Waals surface area (Å²) in [6.07, 6.45) is 1.90. The Hall–Kier alpha value is -1.30. The van der Waals surface area contributed by atoms with E-state index < -0.39 is 11.7 Å². The molecule has 0 aliphatic heterocycles. The standard InChI is InChI=1S/C14H20F3N3/c15-14(16,17)11-6-7-13(19-10-11)20(9-3-8-18)12-4-1-2-5-12/h6-7,10,12H,1-5,8-9,18H2. The molecule has 0 aromatic carbocycles. The highest BCUT2D eigenvalue weighted by molar-refractivity contribution is 5.41. The number of nitrogens with two attached hydrogens (primary N) is 1. The van der Waals surface area contributed by atoms with E-state index in [0.29, 0.717) is 18.4 Å². The summed E-state index contributed by atoms with van der Waals surface area (Å²) in [5.41, 5.74) is 4.84. The minimum atomic E-state index is -4.33. The van der Waals surface area contributed by atoms with Crippen LogP contribution >= 0.6 is 0 Å². The van der Waals surface area contributed by atoms with Crippen molar-refractivity contribution in [3.8, 4) is 0 Å². The van der Waals surface area contributed by atoms with E-state index in [-0.39, 0.29) is 0 Å². The molecule has 1 aliphatic carbocycles. The van der Waals surface area contributed by atoms with Crippen molar-refractivity contribution in [3.63, 3.8) is 0 Å². The third-order valence-electron chi connectivity index (χ3n) is 3.74. The van der Waals surface area contributed by atoms with Crippen LogP contribution in [0.3, 0.4) is 0 Å². The van der Waals surface area contributed by atoms with Gasteiger partial charge >= 0.3 is 6.18 Å². The Morgan fingerprint density at radius 3 is 2.45 bits per heavy atom. The fourth-order valence-electron chi connectivity index (χ4n) is 2.69. The molecule has 112 valence electrons. The molecule has 20 heavy (non-hydrogen) atoms. The molecule has 0 saturated heterocycles. The molecule has 1 aliphatic rings. The largest absolute Gasteiger partial charge is 0.417 e. The summed E-state index contributed by atoms with van der Waals surface area (Å²) in [7, 11) is 0. The van der Waals surface area contributed by atoms with Gasteiger partial charge in [-0.25, -0.2) is 4.98 Å². The van der Waals surface area contributed by atoms with Gasteiger partial charge in [-0.1, -0.05) is 12.8 Å². The van der Waals surface area contributed by atoms with Gasteiger partial charge in [0.15, 0.2) is 0 Å². The quantitative estimate of drug-likeness (QED) is 0.904. The first kappa shape index (κ1) is 15.1. The molecule has 0 spiro atoms. The van der Waals surface area contributed by atoms with Gasteiger partial charge in [0.2, 0.25) is 0 Å². The average Bonchev–Trinajstić information content (AvgIpc) is 2.93. The number of alkyl halides is 3. The highest BCUT2D eigenvalue weighted by Crippen LogP contribution is 2.31. The number of nitrogens with zero attached hydrogens (tertiary/aromatic N) is 2. The monoisotopic (exact) mass is 287 g/mol. The Morgan fingerprint density at radius 1 is 1.25 bits per heavy atom. The summed E-state index contributed by atoms with van der Waals surface area (Å²) in [5, 5.41) is 0. The Balaban J connectivity index is 2.15. The fraction of sp³-hybridized carbons (Fsp3) is 0.643. The maximum absolute atomic E-state index is 12.6. The van der Waals surface area contributed by atoms with Crippen LogP contribution in [0.25, 0.3) is 0 Å².